The zero-order valence-corrected chi connectivity index (χ0v) is 11.0. The molecule has 0 aliphatic rings. The van der Waals surface area contributed by atoms with Crippen molar-refractivity contribution in [1.29, 1.82) is 0 Å². The smallest absolute Gasteiger partial charge is 0.0411 e. The fraction of sp³-hybridized carbons (Fsp3) is 0.571. The molecule has 0 aromatic heterocycles. The van der Waals surface area contributed by atoms with E-state index in [-0.39, 0.29) is 0 Å². The molecule has 1 atom stereocenters. The SMILES string of the molecule is CCC(CNC)N(CC)c1cccc(C)c1. The first-order chi connectivity index (χ1) is 7.72. The van der Waals surface area contributed by atoms with Crippen LogP contribution in [0.2, 0.25) is 0 Å². The molecule has 0 radical (unpaired) electrons. The van der Waals surface area contributed by atoms with Gasteiger partial charge >= 0.3 is 0 Å². The van der Waals surface area contributed by atoms with E-state index in [1.807, 2.05) is 7.05 Å². The van der Waals surface area contributed by atoms with E-state index in [9.17, 15) is 0 Å². The molecule has 0 amide bonds. The Bertz CT molecular complexity index is 309. The van der Waals surface area contributed by atoms with Gasteiger partial charge in [0.2, 0.25) is 0 Å². The second kappa shape index (κ2) is 6.54. The molecule has 1 unspecified atom stereocenters. The summed E-state index contributed by atoms with van der Waals surface area (Å²) in [5, 5.41) is 3.28. The van der Waals surface area contributed by atoms with Gasteiger partial charge in [-0.3, -0.25) is 0 Å². The van der Waals surface area contributed by atoms with Crippen LogP contribution in [0, 0.1) is 6.92 Å². The summed E-state index contributed by atoms with van der Waals surface area (Å²) in [7, 11) is 2.02. The summed E-state index contributed by atoms with van der Waals surface area (Å²) in [6, 6.07) is 9.34. The van der Waals surface area contributed by atoms with Gasteiger partial charge in [-0.2, -0.15) is 0 Å². The van der Waals surface area contributed by atoms with Gasteiger partial charge in [0.15, 0.2) is 0 Å². The number of nitrogens with one attached hydrogen (secondary N) is 1. The Balaban J connectivity index is 2.87. The highest BCUT2D eigenvalue weighted by Gasteiger charge is 2.14. The van der Waals surface area contributed by atoms with Gasteiger partial charge in [-0.1, -0.05) is 19.1 Å². The number of rotatable bonds is 6. The van der Waals surface area contributed by atoms with Crippen LogP contribution >= 0.6 is 0 Å². The summed E-state index contributed by atoms with van der Waals surface area (Å²) >= 11 is 0. The standard InChI is InChI=1S/C14H24N2/c1-5-13(11-15-4)16(6-2)14-9-7-8-12(3)10-14/h7-10,13,15H,5-6,11H2,1-4H3. The monoisotopic (exact) mass is 220 g/mol. The second-order valence-electron chi connectivity index (χ2n) is 4.24. The van der Waals surface area contributed by atoms with Crippen LogP contribution in [0.1, 0.15) is 25.8 Å². The maximum atomic E-state index is 3.28. The molecule has 1 N–H and O–H groups in total. The Morgan fingerprint density at radius 3 is 2.56 bits per heavy atom. The van der Waals surface area contributed by atoms with Crippen molar-refractivity contribution in [1.82, 2.24) is 5.32 Å². The van der Waals surface area contributed by atoms with Crippen LogP contribution in [0.4, 0.5) is 5.69 Å². The number of benzene rings is 1. The van der Waals surface area contributed by atoms with E-state index in [1.54, 1.807) is 0 Å². The lowest BCUT2D eigenvalue weighted by Crippen LogP contribution is -2.41. The first kappa shape index (κ1) is 13.0. The Hall–Kier alpha value is -1.02. The van der Waals surface area contributed by atoms with Gasteiger partial charge in [0, 0.05) is 24.8 Å². The van der Waals surface area contributed by atoms with Crippen molar-refractivity contribution in [2.45, 2.75) is 33.2 Å². The summed E-state index contributed by atoms with van der Waals surface area (Å²) < 4.78 is 0. The second-order valence-corrected chi connectivity index (χ2v) is 4.24. The van der Waals surface area contributed by atoms with Crippen LogP contribution in [-0.2, 0) is 0 Å². The first-order valence-corrected chi connectivity index (χ1v) is 6.20. The summed E-state index contributed by atoms with van der Waals surface area (Å²) in [6.45, 7) is 8.72. The van der Waals surface area contributed by atoms with Gasteiger partial charge in [-0.05, 0) is 45.0 Å². The van der Waals surface area contributed by atoms with E-state index < -0.39 is 0 Å². The molecule has 1 aromatic carbocycles. The maximum absolute atomic E-state index is 3.28. The molecule has 16 heavy (non-hydrogen) atoms. The predicted octanol–water partition coefficient (Wildman–Crippen LogP) is 2.82. The van der Waals surface area contributed by atoms with Crippen LogP contribution in [0.15, 0.2) is 24.3 Å². The number of likely N-dealkylation sites (N-methyl/N-ethyl adjacent to an activating group) is 2. The summed E-state index contributed by atoms with van der Waals surface area (Å²) in [4.78, 5) is 2.48. The fourth-order valence-corrected chi connectivity index (χ4v) is 2.17. The van der Waals surface area contributed by atoms with Crippen molar-refractivity contribution in [2.24, 2.45) is 0 Å². The molecule has 90 valence electrons. The molecule has 0 spiro atoms. The quantitative estimate of drug-likeness (QED) is 0.793. The highest BCUT2D eigenvalue weighted by atomic mass is 15.2. The fourth-order valence-electron chi connectivity index (χ4n) is 2.17. The third kappa shape index (κ3) is 3.24. The van der Waals surface area contributed by atoms with Crippen LogP contribution in [0.5, 0.6) is 0 Å². The Kier molecular flexibility index (Phi) is 5.33. The number of nitrogens with zero attached hydrogens (tertiary/aromatic N) is 1. The molecule has 1 rings (SSSR count). The van der Waals surface area contributed by atoms with Crippen molar-refractivity contribution in [3.05, 3.63) is 29.8 Å². The Labute approximate surface area is 99.7 Å². The zero-order valence-electron chi connectivity index (χ0n) is 11.0. The van der Waals surface area contributed by atoms with E-state index in [4.69, 9.17) is 0 Å². The zero-order chi connectivity index (χ0) is 12.0. The molecule has 0 saturated carbocycles. The molecule has 2 heteroatoms. The van der Waals surface area contributed by atoms with Gasteiger partial charge < -0.3 is 10.2 Å². The van der Waals surface area contributed by atoms with Gasteiger partial charge in [0.05, 0.1) is 0 Å². The van der Waals surface area contributed by atoms with Gasteiger partial charge in [0.25, 0.3) is 0 Å². The van der Waals surface area contributed by atoms with Crippen LogP contribution in [0.3, 0.4) is 0 Å². The largest absolute Gasteiger partial charge is 0.368 e. The van der Waals surface area contributed by atoms with Crippen molar-refractivity contribution in [3.8, 4) is 0 Å². The topological polar surface area (TPSA) is 15.3 Å². The first-order valence-electron chi connectivity index (χ1n) is 6.20. The van der Waals surface area contributed by atoms with E-state index in [2.05, 4.69) is 55.3 Å². The van der Waals surface area contributed by atoms with Crippen molar-refractivity contribution < 1.29 is 0 Å². The lowest BCUT2D eigenvalue weighted by atomic mass is 10.1. The third-order valence-corrected chi connectivity index (χ3v) is 3.03. The highest BCUT2D eigenvalue weighted by Crippen LogP contribution is 2.19. The minimum atomic E-state index is 0.580. The summed E-state index contributed by atoms with van der Waals surface area (Å²) in [5.41, 5.74) is 2.67. The summed E-state index contributed by atoms with van der Waals surface area (Å²) in [6.07, 6.45) is 1.17. The lowest BCUT2D eigenvalue weighted by Gasteiger charge is -2.32. The molecule has 0 bridgehead atoms. The number of hydrogen-bond acceptors (Lipinski definition) is 2. The number of hydrogen-bond donors (Lipinski definition) is 1. The highest BCUT2D eigenvalue weighted by molar-refractivity contribution is 5.49. The average Bonchev–Trinajstić information content (AvgIpc) is 2.29. The predicted molar refractivity (Wildman–Crippen MR) is 72.2 cm³/mol. The molecule has 0 aliphatic heterocycles. The van der Waals surface area contributed by atoms with Crippen molar-refractivity contribution in [2.75, 3.05) is 25.0 Å². The molecule has 0 heterocycles. The normalized spacial score (nSPS) is 12.5. The minimum absolute atomic E-state index is 0.580. The van der Waals surface area contributed by atoms with Crippen molar-refractivity contribution in [3.63, 3.8) is 0 Å². The van der Waals surface area contributed by atoms with Gasteiger partial charge in [-0.25, -0.2) is 0 Å². The van der Waals surface area contributed by atoms with Crippen LogP contribution in [-0.4, -0.2) is 26.2 Å². The number of aryl methyl sites for hydroxylation is 1. The van der Waals surface area contributed by atoms with E-state index in [0.717, 1.165) is 13.1 Å². The molecular weight excluding hydrogens is 196 g/mol. The van der Waals surface area contributed by atoms with E-state index in [0.29, 0.717) is 6.04 Å². The van der Waals surface area contributed by atoms with Gasteiger partial charge in [-0.15, -0.1) is 0 Å². The molecule has 1 aromatic rings. The minimum Gasteiger partial charge on any atom is -0.368 e. The third-order valence-electron chi connectivity index (χ3n) is 3.03. The summed E-state index contributed by atoms with van der Waals surface area (Å²) in [5.74, 6) is 0. The Morgan fingerprint density at radius 2 is 2.06 bits per heavy atom. The number of anilines is 1. The average molecular weight is 220 g/mol. The van der Waals surface area contributed by atoms with E-state index >= 15 is 0 Å². The molecule has 0 aliphatic carbocycles. The Morgan fingerprint density at radius 1 is 1.31 bits per heavy atom. The maximum Gasteiger partial charge on any atom is 0.0411 e. The van der Waals surface area contributed by atoms with Crippen molar-refractivity contribution >= 4 is 5.69 Å². The van der Waals surface area contributed by atoms with Crippen LogP contribution in [0.25, 0.3) is 0 Å². The lowest BCUT2D eigenvalue weighted by molar-refractivity contribution is 0.551. The van der Waals surface area contributed by atoms with E-state index in [1.165, 1.54) is 17.7 Å². The molecule has 2 nitrogen and oxygen atoms in total. The van der Waals surface area contributed by atoms with Gasteiger partial charge in [0.1, 0.15) is 0 Å². The molecule has 0 fully saturated rings. The molecule has 0 saturated heterocycles. The van der Waals surface area contributed by atoms with Crippen LogP contribution < -0.4 is 10.2 Å². The molecular formula is C14H24N2.